The fourth-order valence-electron chi connectivity index (χ4n) is 5.12. The Morgan fingerprint density at radius 1 is 1.30 bits per heavy atom. The van der Waals surface area contributed by atoms with E-state index in [9.17, 15) is 27.6 Å². The van der Waals surface area contributed by atoms with Gasteiger partial charge in [-0.1, -0.05) is 37.2 Å². The molecule has 0 aliphatic heterocycles. The molecule has 10 heteroatoms. The molecule has 0 bridgehead atoms. The average molecular weight is 523 g/mol. The molecule has 1 aromatic carbocycles. The number of nitrogens with zero attached hydrogens (tertiary/aromatic N) is 2. The molecule has 3 unspecified atom stereocenters. The lowest BCUT2D eigenvalue weighted by Crippen LogP contribution is -2.38. The number of ether oxygens (including phenoxy) is 1. The second-order valence-electron chi connectivity index (χ2n) is 9.87. The molecule has 2 aliphatic rings. The number of aromatic carboxylic acids is 1. The smallest absolute Gasteiger partial charge is 0.412 e. The van der Waals surface area contributed by atoms with Gasteiger partial charge in [-0.05, 0) is 67.4 Å². The number of hydrogen-bond acceptors (Lipinski definition) is 4. The van der Waals surface area contributed by atoms with Crippen molar-refractivity contribution in [2.24, 2.45) is 27.4 Å². The van der Waals surface area contributed by atoms with Crippen LogP contribution in [0.4, 0.5) is 17.6 Å². The number of hydrogen-bond donors (Lipinski definition) is 2. The van der Waals surface area contributed by atoms with Crippen molar-refractivity contribution in [3.05, 3.63) is 70.1 Å². The zero-order valence-electron chi connectivity index (χ0n) is 21.1. The highest BCUT2D eigenvalue weighted by Crippen LogP contribution is 2.50. The van der Waals surface area contributed by atoms with E-state index in [-0.39, 0.29) is 35.9 Å². The highest BCUT2D eigenvalue weighted by atomic mass is 19.4. The number of rotatable bonds is 6. The minimum absolute atomic E-state index is 0.0692. The third-order valence-electron chi connectivity index (χ3n) is 7.00. The molecule has 0 saturated carbocycles. The molecule has 0 heterocycles. The number of aliphatic imine (C=N–C) groups is 1. The quantitative estimate of drug-likeness (QED) is 0.145. The van der Waals surface area contributed by atoms with Crippen LogP contribution in [0.25, 0.3) is 0 Å². The Morgan fingerprint density at radius 2 is 2.00 bits per heavy atom. The standard InChI is InChI=1S/C27H30F4N2O4/c1-15-5-8-19(22(11-15)27(29,30)31)21-10-7-18(13-26(21,3)14-37-4)16(2)32-24(33-36)17-6-9-20(25(34)35)23(28)12-17/h5-9,12,15,21,36H,10-11,13-14H2,1-4H3,(H,34,35)/b32-16?,33-24-. The number of carboxylic acid groups (broad SMARTS) is 1. The lowest BCUT2D eigenvalue weighted by Gasteiger charge is -2.43. The van der Waals surface area contributed by atoms with Gasteiger partial charge in [0.25, 0.3) is 0 Å². The number of carboxylic acids is 1. The third-order valence-corrected chi connectivity index (χ3v) is 7.00. The van der Waals surface area contributed by atoms with Crippen LogP contribution in [0.2, 0.25) is 0 Å². The molecule has 200 valence electrons. The van der Waals surface area contributed by atoms with Crippen LogP contribution < -0.4 is 0 Å². The van der Waals surface area contributed by atoms with Gasteiger partial charge in [-0.15, -0.1) is 0 Å². The number of alkyl halides is 3. The lowest BCUT2D eigenvalue weighted by molar-refractivity contribution is -0.0968. The van der Waals surface area contributed by atoms with Gasteiger partial charge in [0.1, 0.15) is 5.82 Å². The fourth-order valence-corrected chi connectivity index (χ4v) is 5.12. The zero-order chi connectivity index (χ0) is 27.5. The Bertz CT molecular complexity index is 1210. The molecule has 0 fully saturated rings. The molecule has 37 heavy (non-hydrogen) atoms. The average Bonchev–Trinajstić information content (AvgIpc) is 2.81. The molecule has 0 spiro atoms. The Morgan fingerprint density at radius 3 is 2.57 bits per heavy atom. The summed E-state index contributed by atoms with van der Waals surface area (Å²) in [5.41, 5.74) is -0.189. The number of oxime groups is 1. The highest BCUT2D eigenvalue weighted by Gasteiger charge is 2.45. The molecule has 0 amide bonds. The summed E-state index contributed by atoms with van der Waals surface area (Å²) in [6.07, 6.45) is 1.41. The van der Waals surface area contributed by atoms with Gasteiger partial charge in [-0.2, -0.15) is 13.2 Å². The zero-order valence-corrected chi connectivity index (χ0v) is 21.1. The van der Waals surface area contributed by atoms with Crippen molar-refractivity contribution in [1.29, 1.82) is 0 Å². The van der Waals surface area contributed by atoms with Crippen LogP contribution in [0.15, 0.2) is 63.3 Å². The minimum atomic E-state index is -4.43. The molecule has 1 aromatic rings. The van der Waals surface area contributed by atoms with Gasteiger partial charge in [0, 0.05) is 29.4 Å². The molecule has 6 nitrogen and oxygen atoms in total. The van der Waals surface area contributed by atoms with E-state index in [0.717, 1.165) is 17.7 Å². The van der Waals surface area contributed by atoms with Crippen LogP contribution >= 0.6 is 0 Å². The topological polar surface area (TPSA) is 91.5 Å². The molecule has 2 aliphatic carbocycles. The Kier molecular flexibility index (Phi) is 8.42. The normalized spacial score (nSPS) is 25.4. The Hall–Kier alpha value is -3.27. The first-order valence-corrected chi connectivity index (χ1v) is 11.8. The summed E-state index contributed by atoms with van der Waals surface area (Å²) in [7, 11) is 1.50. The third kappa shape index (κ3) is 6.18. The van der Waals surface area contributed by atoms with Crippen molar-refractivity contribution in [2.45, 2.75) is 46.2 Å². The van der Waals surface area contributed by atoms with Crippen LogP contribution in [0, 0.1) is 23.1 Å². The summed E-state index contributed by atoms with van der Waals surface area (Å²) in [6, 6.07) is 3.24. The van der Waals surface area contributed by atoms with Gasteiger partial charge in [0.2, 0.25) is 0 Å². The fraction of sp³-hybridized carbons (Fsp3) is 0.444. The van der Waals surface area contributed by atoms with Crippen molar-refractivity contribution < 1.29 is 37.4 Å². The maximum Gasteiger partial charge on any atom is 0.412 e. The summed E-state index contributed by atoms with van der Waals surface area (Å²) in [5.74, 6) is -3.31. The van der Waals surface area contributed by atoms with E-state index in [0.29, 0.717) is 18.6 Å². The Labute approximate surface area is 212 Å². The van der Waals surface area contributed by atoms with Gasteiger partial charge >= 0.3 is 12.1 Å². The summed E-state index contributed by atoms with van der Waals surface area (Å²) >= 11 is 0. The molecular weight excluding hydrogens is 492 g/mol. The van der Waals surface area contributed by atoms with E-state index in [1.165, 1.54) is 13.2 Å². The first-order valence-electron chi connectivity index (χ1n) is 11.8. The van der Waals surface area contributed by atoms with Gasteiger partial charge in [0.15, 0.2) is 5.84 Å². The number of allylic oxidation sites excluding steroid dienone is 6. The largest absolute Gasteiger partial charge is 0.478 e. The molecule has 0 saturated heterocycles. The summed E-state index contributed by atoms with van der Waals surface area (Å²) in [5, 5.41) is 21.7. The first-order chi connectivity index (χ1) is 17.3. The number of amidine groups is 1. The second-order valence-corrected chi connectivity index (χ2v) is 9.87. The predicted octanol–water partition coefficient (Wildman–Crippen LogP) is 6.56. The van der Waals surface area contributed by atoms with Crippen LogP contribution in [0.3, 0.4) is 0 Å². The van der Waals surface area contributed by atoms with Gasteiger partial charge in [-0.25, -0.2) is 14.2 Å². The van der Waals surface area contributed by atoms with E-state index < -0.39 is 40.4 Å². The van der Waals surface area contributed by atoms with Crippen molar-refractivity contribution in [1.82, 2.24) is 0 Å². The van der Waals surface area contributed by atoms with Crippen molar-refractivity contribution >= 4 is 17.5 Å². The number of halogens is 4. The van der Waals surface area contributed by atoms with E-state index in [1.807, 2.05) is 19.1 Å². The molecule has 2 N–H and O–H groups in total. The highest BCUT2D eigenvalue weighted by molar-refractivity contribution is 6.11. The van der Waals surface area contributed by atoms with Crippen LogP contribution in [0.5, 0.6) is 0 Å². The first kappa shape index (κ1) is 28.3. The monoisotopic (exact) mass is 522 g/mol. The van der Waals surface area contributed by atoms with E-state index in [2.05, 4.69) is 10.1 Å². The summed E-state index contributed by atoms with van der Waals surface area (Å²) < 4.78 is 61.4. The van der Waals surface area contributed by atoms with E-state index in [4.69, 9.17) is 9.84 Å². The van der Waals surface area contributed by atoms with Crippen molar-refractivity contribution in [2.75, 3.05) is 13.7 Å². The van der Waals surface area contributed by atoms with Crippen LogP contribution in [0.1, 0.15) is 56.0 Å². The van der Waals surface area contributed by atoms with Crippen LogP contribution in [-0.2, 0) is 4.74 Å². The van der Waals surface area contributed by atoms with E-state index >= 15 is 0 Å². The van der Waals surface area contributed by atoms with Crippen molar-refractivity contribution in [3.8, 4) is 0 Å². The number of carbonyl (C=O) groups is 1. The number of benzene rings is 1. The maximum atomic E-state index is 14.2. The summed E-state index contributed by atoms with van der Waals surface area (Å²) in [6.45, 7) is 5.51. The lowest BCUT2D eigenvalue weighted by atomic mass is 9.63. The van der Waals surface area contributed by atoms with Gasteiger partial charge in [-0.3, -0.25) is 0 Å². The predicted molar refractivity (Wildman–Crippen MR) is 132 cm³/mol. The minimum Gasteiger partial charge on any atom is -0.478 e. The molecule has 3 rings (SSSR count). The Balaban J connectivity index is 1.98. The van der Waals surface area contributed by atoms with Crippen molar-refractivity contribution in [3.63, 3.8) is 0 Å². The van der Waals surface area contributed by atoms with Gasteiger partial charge < -0.3 is 15.1 Å². The second kappa shape index (κ2) is 11.0. The van der Waals surface area contributed by atoms with E-state index in [1.54, 1.807) is 19.9 Å². The van der Waals surface area contributed by atoms with Crippen LogP contribution in [-0.4, -0.2) is 47.7 Å². The molecule has 3 atom stereocenters. The maximum absolute atomic E-state index is 14.2. The molecule has 0 radical (unpaired) electrons. The number of methoxy groups -OCH3 is 1. The molecule has 0 aromatic heterocycles. The SMILES string of the molecule is COCC1(C)CC(C(C)=N/C(=N\O)c2ccc(C(=O)O)c(F)c2)=CCC1C1=C(C(F)(F)F)CC(C)C=C1. The van der Waals surface area contributed by atoms with Gasteiger partial charge in [0.05, 0.1) is 12.2 Å². The summed E-state index contributed by atoms with van der Waals surface area (Å²) in [4.78, 5) is 15.4. The molecular formula is C27H30F4N2O4.